The average Bonchev–Trinajstić information content (AvgIpc) is 2.45. The van der Waals surface area contributed by atoms with E-state index in [0.717, 1.165) is 18.1 Å². The lowest BCUT2D eigenvalue weighted by Crippen LogP contribution is -2.14. The fourth-order valence-electron chi connectivity index (χ4n) is 2.21. The summed E-state index contributed by atoms with van der Waals surface area (Å²) in [5, 5.41) is 3.46. The van der Waals surface area contributed by atoms with E-state index in [1.54, 1.807) is 0 Å². The molecular formula is C18H25N3. The Hall–Kier alpha value is -2.03. The standard InChI is InChI=1S/C18H25N3/c1-18(2,3)15-10-8-14(9-11-15)13-20-16-7-6-12-19-17(16)21(4)5/h6-12,20H,13H2,1-5H3. The first-order valence-corrected chi connectivity index (χ1v) is 7.33. The largest absolute Gasteiger partial charge is 0.378 e. The topological polar surface area (TPSA) is 28.2 Å². The Balaban J connectivity index is 2.07. The molecule has 0 aliphatic rings. The Kier molecular flexibility index (Phi) is 4.51. The molecule has 3 heteroatoms. The molecule has 1 N–H and O–H groups in total. The highest BCUT2D eigenvalue weighted by Gasteiger charge is 2.12. The Morgan fingerprint density at radius 2 is 1.71 bits per heavy atom. The lowest BCUT2D eigenvalue weighted by atomic mass is 9.87. The molecule has 0 saturated carbocycles. The molecule has 1 heterocycles. The van der Waals surface area contributed by atoms with Crippen LogP contribution in [0.15, 0.2) is 42.6 Å². The fourth-order valence-corrected chi connectivity index (χ4v) is 2.21. The summed E-state index contributed by atoms with van der Waals surface area (Å²) in [6.45, 7) is 7.51. The Morgan fingerprint density at radius 3 is 2.29 bits per heavy atom. The van der Waals surface area contributed by atoms with Crippen LogP contribution in [0.25, 0.3) is 0 Å². The summed E-state index contributed by atoms with van der Waals surface area (Å²) >= 11 is 0. The van der Waals surface area contributed by atoms with Gasteiger partial charge in [-0.15, -0.1) is 0 Å². The van der Waals surface area contributed by atoms with Crippen molar-refractivity contribution in [2.45, 2.75) is 32.7 Å². The van der Waals surface area contributed by atoms with E-state index in [1.807, 2.05) is 31.3 Å². The zero-order valence-electron chi connectivity index (χ0n) is 13.6. The van der Waals surface area contributed by atoms with Gasteiger partial charge in [-0.1, -0.05) is 45.0 Å². The summed E-state index contributed by atoms with van der Waals surface area (Å²) in [6.07, 6.45) is 1.82. The molecule has 1 aromatic carbocycles. The minimum atomic E-state index is 0.202. The van der Waals surface area contributed by atoms with Gasteiger partial charge in [-0.2, -0.15) is 0 Å². The number of pyridine rings is 1. The monoisotopic (exact) mass is 283 g/mol. The zero-order chi connectivity index (χ0) is 15.5. The minimum Gasteiger partial charge on any atom is -0.378 e. The number of benzene rings is 1. The second-order valence-corrected chi connectivity index (χ2v) is 6.57. The quantitative estimate of drug-likeness (QED) is 0.917. The van der Waals surface area contributed by atoms with E-state index in [9.17, 15) is 0 Å². The summed E-state index contributed by atoms with van der Waals surface area (Å²) < 4.78 is 0. The molecule has 0 bridgehead atoms. The van der Waals surface area contributed by atoms with Crippen LogP contribution in [0.3, 0.4) is 0 Å². The molecule has 3 nitrogen and oxygen atoms in total. The normalized spacial score (nSPS) is 11.3. The van der Waals surface area contributed by atoms with Gasteiger partial charge in [0.1, 0.15) is 0 Å². The van der Waals surface area contributed by atoms with Crippen LogP contribution in [-0.4, -0.2) is 19.1 Å². The molecule has 0 aliphatic carbocycles. The summed E-state index contributed by atoms with van der Waals surface area (Å²) in [7, 11) is 4.01. The lowest BCUT2D eigenvalue weighted by Gasteiger charge is -2.20. The van der Waals surface area contributed by atoms with Crippen molar-refractivity contribution in [2.24, 2.45) is 0 Å². The minimum absolute atomic E-state index is 0.202. The second kappa shape index (κ2) is 6.17. The predicted octanol–water partition coefficient (Wildman–Crippen LogP) is 4.06. The Bertz CT molecular complexity index is 580. The summed E-state index contributed by atoms with van der Waals surface area (Å²) in [5.74, 6) is 0.962. The third-order valence-corrected chi connectivity index (χ3v) is 3.51. The van der Waals surface area contributed by atoms with Gasteiger partial charge < -0.3 is 10.2 Å². The van der Waals surface area contributed by atoms with E-state index in [1.165, 1.54) is 11.1 Å². The van der Waals surface area contributed by atoms with E-state index in [-0.39, 0.29) is 5.41 Å². The van der Waals surface area contributed by atoms with Crippen molar-refractivity contribution in [3.8, 4) is 0 Å². The van der Waals surface area contributed by atoms with E-state index >= 15 is 0 Å². The second-order valence-electron chi connectivity index (χ2n) is 6.57. The van der Waals surface area contributed by atoms with Crippen molar-refractivity contribution < 1.29 is 0 Å². The van der Waals surface area contributed by atoms with Crippen LogP contribution in [0, 0.1) is 0 Å². The number of hydrogen-bond donors (Lipinski definition) is 1. The van der Waals surface area contributed by atoms with Crippen LogP contribution in [0.5, 0.6) is 0 Å². The van der Waals surface area contributed by atoms with Crippen molar-refractivity contribution in [1.29, 1.82) is 0 Å². The number of nitrogens with one attached hydrogen (secondary N) is 1. The van der Waals surface area contributed by atoms with Crippen molar-refractivity contribution in [3.05, 3.63) is 53.7 Å². The fraction of sp³-hybridized carbons (Fsp3) is 0.389. The highest BCUT2D eigenvalue weighted by Crippen LogP contribution is 2.24. The number of anilines is 2. The van der Waals surface area contributed by atoms with Crippen LogP contribution in [0.1, 0.15) is 31.9 Å². The number of aromatic nitrogens is 1. The summed E-state index contributed by atoms with van der Waals surface area (Å²) in [5.41, 5.74) is 3.90. The van der Waals surface area contributed by atoms with Crippen molar-refractivity contribution in [3.63, 3.8) is 0 Å². The molecule has 1 aromatic heterocycles. The molecule has 2 rings (SSSR count). The average molecular weight is 283 g/mol. The number of hydrogen-bond acceptors (Lipinski definition) is 3. The van der Waals surface area contributed by atoms with Crippen molar-refractivity contribution in [1.82, 2.24) is 4.98 Å². The van der Waals surface area contributed by atoms with Crippen molar-refractivity contribution >= 4 is 11.5 Å². The molecule has 0 atom stereocenters. The molecule has 112 valence electrons. The molecule has 2 aromatic rings. The highest BCUT2D eigenvalue weighted by molar-refractivity contribution is 5.64. The first-order valence-electron chi connectivity index (χ1n) is 7.33. The molecule has 0 radical (unpaired) electrons. The number of nitrogens with zero attached hydrogens (tertiary/aromatic N) is 2. The highest BCUT2D eigenvalue weighted by atomic mass is 15.2. The van der Waals surface area contributed by atoms with Crippen molar-refractivity contribution in [2.75, 3.05) is 24.3 Å². The molecule has 0 saturated heterocycles. The molecule has 0 amide bonds. The van der Waals surface area contributed by atoms with Gasteiger partial charge in [0.2, 0.25) is 0 Å². The smallest absolute Gasteiger partial charge is 0.151 e. The number of rotatable bonds is 4. The lowest BCUT2D eigenvalue weighted by molar-refractivity contribution is 0.590. The van der Waals surface area contributed by atoms with Crippen LogP contribution < -0.4 is 10.2 Å². The molecule has 0 aliphatic heterocycles. The molecule has 0 unspecified atom stereocenters. The SMILES string of the molecule is CN(C)c1ncccc1NCc1ccc(C(C)(C)C)cc1. The van der Waals surface area contributed by atoms with Gasteiger partial charge in [0.25, 0.3) is 0 Å². The van der Waals surface area contributed by atoms with Crippen LogP contribution in [0.2, 0.25) is 0 Å². The zero-order valence-corrected chi connectivity index (χ0v) is 13.6. The first-order chi connectivity index (χ1) is 9.88. The first kappa shape index (κ1) is 15.4. The van der Waals surface area contributed by atoms with Crippen LogP contribution in [-0.2, 0) is 12.0 Å². The molecular weight excluding hydrogens is 258 g/mol. The van der Waals surface area contributed by atoms with E-state index < -0.39 is 0 Å². The van der Waals surface area contributed by atoms with Gasteiger partial charge in [0.15, 0.2) is 5.82 Å². The van der Waals surface area contributed by atoms with E-state index in [4.69, 9.17) is 0 Å². The molecule has 0 spiro atoms. The summed E-state index contributed by atoms with van der Waals surface area (Å²) in [4.78, 5) is 6.42. The molecule has 0 fully saturated rings. The van der Waals surface area contributed by atoms with Crippen LogP contribution in [0.4, 0.5) is 11.5 Å². The van der Waals surface area contributed by atoms with Gasteiger partial charge in [-0.05, 0) is 28.7 Å². The van der Waals surface area contributed by atoms with Gasteiger partial charge in [0.05, 0.1) is 5.69 Å². The van der Waals surface area contributed by atoms with E-state index in [2.05, 4.69) is 61.4 Å². The van der Waals surface area contributed by atoms with Gasteiger partial charge in [-0.25, -0.2) is 4.98 Å². The third kappa shape index (κ3) is 3.97. The van der Waals surface area contributed by atoms with Crippen LogP contribution >= 0.6 is 0 Å². The maximum Gasteiger partial charge on any atom is 0.151 e. The predicted molar refractivity (Wildman–Crippen MR) is 91.0 cm³/mol. The van der Waals surface area contributed by atoms with Gasteiger partial charge in [0, 0.05) is 26.8 Å². The maximum atomic E-state index is 4.40. The Morgan fingerprint density at radius 1 is 1.05 bits per heavy atom. The summed E-state index contributed by atoms with van der Waals surface area (Å²) in [6, 6.07) is 12.8. The van der Waals surface area contributed by atoms with E-state index in [0.29, 0.717) is 0 Å². The maximum absolute atomic E-state index is 4.40. The third-order valence-electron chi connectivity index (χ3n) is 3.51. The Labute approximate surface area is 128 Å². The van der Waals surface area contributed by atoms with Gasteiger partial charge >= 0.3 is 0 Å². The molecule has 21 heavy (non-hydrogen) atoms. The van der Waals surface area contributed by atoms with Gasteiger partial charge in [-0.3, -0.25) is 0 Å².